The van der Waals surface area contributed by atoms with Crippen molar-refractivity contribution in [2.75, 3.05) is 18.1 Å². The average molecular weight is 226 g/mol. The topological polar surface area (TPSA) is 12.5 Å². The highest BCUT2D eigenvalue weighted by atomic mass is 35.5. The van der Waals surface area contributed by atoms with Gasteiger partial charge in [-0.05, 0) is 32.0 Å². The van der Waals surface area contributed by atoms with Gasteiger partial charge in [-0.2, -0.15) is 0 Å². The molecule has 15 heavy (non-hydrogen) atoms. The molecule has 0 N–H and O–H groups in total. The van der Waals surface area contributed by atoms with E-state index in [4.69, 9.17) is 16.3 Å². The fraction of sp³-hybridized carbons (Fsp3) is 0.500. The third kappa shape index (κ3) is 2.27. The zero-order valence-corrected chi connectivity index (χ0v) is 9.92. The average Bonchev–Trinajstić information content (AvgIpc) is 2.38. The molecule has 0 bridgehead atoms. The molecule has 0 amide bonds. The number of fused-ring (bicyclic) bond motifs is 1. The van der Waals surface area contributed by atoms with Crippen molar-refractivity contribution in [1.29, 1.82) is 0 Å². The minimum atomic E-state index is 0.492. The molecule has 0 aromatic heterocycles. The van der Waals surface area contributed by atoms with Crippen LogP contribution in [0.3, 0.4) is 0 Å². The normalized spacial score (nSPS) is 16.4. The van der Waals surface area contributed by atoms with E-state index in [2.05, 4.69) is 24.8 Å². The van der Waals surface area contributed by atoms with Gasteiger partial charge in [0.25, 0.3) is 0 Å². The second-order valence-electron chi connectivity index (χ2n) is 4.11. The van der Waals surface area contributed by atoms with E-state index in [1.165, 1.54) is 11.3 Å². The van der Waals surface area contributed by atoms with Gasteiger partial charge in [-0.3, -0.25) is 0 Å². The summed E-state index contributed by atoms with van der Waals surface area (Å²) in [6.45, 7) is 6.79. The third-order valence-electron chi connectivity index (χ3n) is 2.71. The van der Waals surface area contributed by atoms with Gasteiger partial charge in [-0.25, -0.2) is 0 Å². The predicted octanol–water partition coefficient (Wildman–Crippen LogP) is 3.09. The maximum absolute atomic E-state index is 5.98. The Morgan fingerprint density at radius 2 is 2.20 bits per heavy atom. The first-order valence-corrected chi connectivity index (χ1v) is 5.69. The van der Waals surface area contributed by atoms with Crippen molar-refractivity contribution >= 4 is 17.3 Å². The van der Waals surface area contributed by atoms with E-state index >= 15 is 0 Å². The van der Waals surface area contributed by atoms with Gasteiger partial charge < -0.3 is 9.64 Å². The number of hydrogen-bond acceptors (Lipinski definition) is 2. The molecular weight excluding hydrogens is 210 g/mol. The highest BCUT2D eigenvalue weighted by Crippen LogP contribution is 2.28. The van der Waals surface area contributed by atoms with E-state index in [0.717, 1.165) is 18.2 Å². The molecule has 1 aliphatic rings. The summed E-state index contributed by atoms with van der Waals surface area (Å²) in [7, 11) is 0. The summed E-state index contributed by atoms with van der Waals surface area (Å²) in [5.74, 6) is 0. The van der Waals surface area contributed by atoms with Crippen LogP contribution < -0.4 is 4.90 Å². The lowest BCUT2D eigenvalue weighted by Crippen LogP contribution is -2.33. The first-order chi connectivity index (χ1) is 7.18. The second-order valence-corrected chi connectivity index (χ2v) is 4.55. The summed E-state index contributed by atoms with van der Waals surface area (Å²) >= 11 is 5.98. The molecule has 1 aliphatic heterocycles. The van der Waals surface area contributed by atoms with E-state index < -0.39 is 0 Å². The quantitative estimate of drug-likeness (QED) is 0.729. The van der Waals surface area contributed by atoms with Crippen LogP contribution in [0.25, 0.3) is 0 Å². The Morgan fingerprint density at radius 3 is 2.93 bits per heavy atom. The van der Waals surface area contributed by atoms with Gasteiger partial charge in [-0.15, -0.1) is 0 Å². The van der Waals surface area contributed by atoms with Crippen molar-refractivity contribution in [2.45, 2.75) is 26.5 Å². The van der Waals surface area contributed by atoms with Gasteiger partial charge >= 0.3 is 0 Å². The molecule has 0 aliphatic carbocycles. The maximum Gasteiger partial charge on any atom is 0.0738 e. The van der Waals surface area contributed by atoms with Crippen LogP contribution in [0.5, 0.6) is 0 Å². The number of rotatable bonds is 1. The predicted molar refractivity (Wildman–Crippen MR) is 63.6 cm³/mol. The summed E-state index contributed by atoms with van der Waals surface area (Å²) < 4.78 is 5.56. The van der Waals surface area contributed by atoms with Crippen LogP contribution in [0.15, 0.2) is 18.2 Å². The molecule has 0 saturated carbocycles. The molecule has 3 heteroatoms. The van der Waals surface area contributed by atoms with E-state index in [1.54, 1.807) is 0 Å². The Hall–Kier alpha value is -0.730. The molecular formula is C12H16ClNO. The van der Waals surface area contributed by atoms with Crippen LogP contribution in [0.2, 0.25) is 5.02 Å². The smallest absolute Gasteiger partial charge is 0.0738 e. The van der Waals surface area contributed by atoms with Crippen molar-refractivity contribution in [3.63, 3.8) is 0 Å². The molecule has 0 spiro atoms. The van der Waals surface area contributed by atoms with Crippen molar-refractivity contribution in [3.8, 4) is 0 Å². The van der Waals surface area contributed by atoms with Crippen LogP contribution in [0, 0.1) is 0 Å². The van der Waals surface area contributed by atoms with Gasteiger partial charge in [0, 0.05) is 28.9 Å². The van der Waals surface area contributed by atoms with Crippen molar-refractivity contribution in [1.82, 2.24) is 0 Å². The largest absolute Gasteiger partial charge is 0.375 e. The Labute approximate surface area is 95.8 Å². The molecule has 2 rings (SSSR count). The van der Waals surface area contributed by atoms with Gasteiger partial charge in [-0.1, -0.05) is 11.6 Å². The van der Waals surface area contributed by atoms with Crippen molar-refractivity contribution in [3.05, 3.63) is 28.8 Å². The minimum absolute atomic E-state index is 0.492. The second kappa shape index (κ2) is 4.42. The van der Waals surface area contributed by atoms with E-state index in [9.17, 15) is 0 Å². The Bertz CT molecular complexity index is 351. The van der Waals surface area contributed by atoms with Gasteiger partial charge in [0.15, 0.2) is 0 Å². The number of ether oxygens (including phenoxy) is 1. The zero-order valence-electron chi connectivity index (χ0n) is 9.16. The van der Waals surface area contributed by atoms with Crippen molar-refractivity contribution < 1.29 is 4.74 Å². The monoisotopic (exact) mass is 225 g/mol. The molecule has 1 aromatic carbocycles. The summed E-state index contributed by atoms with van der Waals surface area (Å²) in [5, 5.41) is 0.781. The van der Waals surface area contributed by atoms with Gasteiger partial charge in [0.05, 0.1) is 13.2 Å². The molecule has 0 atom stereocenters. The van der Waals surface area contributed by atoms with E-state index in [0.29, 0.717) is 12.6 Å². The third-order valence-corrected chi connectivity index (χ3v) is 2.94. The molecule has 1 heterocycles. The van der Waals surface area contributed by atoms with E-state index in [1.807, 2.05) is 12.1 Å². The number of hydrogen-bond donors (Lipinski definition) is 0. The Kier molecular flexibility index (Phi) is 3.17. The first-order valence-electron chi connectivity index (χ1n) is 5.31. The first kappa shape index (κ1) is 10.8. The molecule has 2 nitrogen and oxygen atoms in total. The van der Waals surface area contributed by atoms with Crippen LogP contribution in [0.1, 0.15) is 19.4 Å². The summed E-state index contributed by atoms with van der Waals surface area (Å²) in [4.78, 5) is 2.36. The van der Waals surface area contributed by atoms with E-state index in [-0.39, 0.29) is 0 Å². The number of anilines is 1. The maximum atomic E-state index is 5.98. The summed E-state index contributed by atoms with van der Waals surface area (Å²) in [5.41, 5.74) is 2.45. The highest BCUT2D eigenvalue weighted by molar-refractivity contribution is 6.30. The molecule has 0 fully saturated rings. The fourth-order valence-corrected chi connectivity index (χ4v) is 2.15. The number of benzene rings is 1. The van der Waals surface area contributed by atoms with Crippen LogP contribution in [0.4, 0.5) is 5.69 Å². The lowest BCUT2D eigenvalue weighted by molar-refractivity contribution is 0.132. The molecule has 0 radical (unpaired) electrons. The minimum Gasteiger partial charge on any atom is -0.375 e. The lowest BCUT2D eigenvalue weighted by Gasteiger charge is -2.28. The molecule has 1 aromatic rings. The Balaban J connectivity index is 2.40. The van der Waals surface area contributed by atoms with Crippen LogP contribution >= 0.6 is 11.6 Å². The molecule has 82 valence electrons. The SMILES string of the molecule is CC(C)N1CCOCc2cc(Cl)ccc21. The zero-order chi connectivity index (χ0) is 10.8. The summed E-state index contributed by atoms with van der Waals surface area (Å²) in [6.07, 6.45) is 0. The summed E-state index contributed by atoms with van der Waals surface area (Å²) in [6, 6.07) is 6.53. The number of nitrogens with zero attached hydrogens (tertiary/aromatic N) is 1. The fourth-order valence-electron chi connectivity index (χ4n) is 1.95. The van der Waals surface area contributed by atoms with Gasteiger partial charge in [0.2, 0.25) is 0 Å². The Morgan fingerprint density at radius 1 is 1.40 bits per heavy atom. The van der Waals surface area contributed by atoms with Gasteiger partial charge in [0.1, 0.15) is 0 Å². The standard InChI is InChI=1S/C12H16ClNO/c1-9(2)14-5-6-15-8-10-7-11(13)3-4-12(10)14/h3-4,7,9H,5-6,8H2,1-2H3. The van der Waals surface area contributed by atoms with Crippen LogP contribution in [-0.2, 0) is 11.3 Å². The van der Waals surface area contributed by atoms with Crippen molar-refractivity contribution in [2.24, 2.45) is 0 Å². The molecule has 0 unspecified atom stereocenters. The molecule has 0 saturated heterocycles. The van der Waals surface area contributed by atoms with Crippen LogP contribution in [-0.4, -0.2) is 19.2 Å². The number of halogens is 1. The highest BCUT2D eigenvalue weighted by Gasteiger charge is 2.17. The lowest BCUT2D eigenvalue weighted by atomic mass is 10.1.